The van der Waals surface area contributed by atoms with Gasteiger partial charge in [-0.15, -0.1) is 0 Å². The lowest BCUT2D eigenvalue weighted by Gasteiger charge is -2.11. The summed E-state index contributed by atoms with van der Waals surface area (Å²) < 4.78 is 61.8. The van der Waals surface area contributed by atoms with E-state index in [1.165, 1.54) is 12.1 Å². The highest BCUT2D eigenvalue weighted by Crippen LogP contribution is 2.17. The summed E-state index contributed by atoms with van der Waals surface area (Å²) in [6.45, 7) is 0. The molecule has 1 heterocycles. The van der Waals surface area contributed by atoms with E-state index in [2.05, 4.69) is 4.72 Å². The van der Waals surface area contributed by atoms with Crippen molar-refractivity contribution >= 4 is 19.9 Å². The first-order valence-electron chi connectivity index (χ1n) is 5.27. The topological polar surface area (TPSA) is 80.3 Å². The number of nitrogens with one attached hydrogen (secondary N) is 1. The average Bonchev–Trinajstić information content (AvgIpc) is 2.57. The minimum Gasteiger partial charge on any atom is -0.229 e. The second-order valence-electron chi connectivity index (χ2n) is 4.15. The molecule has 0 amide bonds. The Morgan fingerprint density at radius 2 is 1.94 bits per heavy atom. The Labute approximate surface area is 105 Å². The number of rotatable bonds is 3. The quantitative estimate of drug-likeness (QED) is 0.868. The normalized spacial score (nSPS) is 23.1. The number of halogens is 1. The van der Waals surface area contributed by atoms with Crippen molar-refractivity contribution in [2.45, 2.75) is 17.4 Å². The van der Waals surface area contributed by atoms with E-state index in [0.29, 0.717) is 0 Å². The zero-order chi connectivity index (χ0) is 13.4. The number of sulfone groups is 1. The molecule has 1 fully saturated rings. The monoisotopic (exact) mass is 293 g/mol. The van der Waals surface area contributed by atoms with Crippen LogP contribution in [0.25, 0.3) is 0 Å². The van der Waals surface area contributed by atoms with Gasteiger partial charge in [0.1, 0.15) is 10.7 Å². The Morgan fingerprint density at radius 3 is 2.50 bits per heavy atom. The molecule has 0 bridgehead atoms. The first kappa shape index (κ1) is 13.4. The third-order valence-corrected chi connectivity index (χ3v) is 6.00. The van der Waals surface area contributed by atoms with Crippen molar-refractivity contribution in [3.05, 3.63) is 30.1 Å². The van der Waals surface area contributed by atoms with Crippen molar-refractivity contribution in [1.82, 2.24) is 4.72 Å². The highest BCUT2D eigenvalue weighted by atomic mass is 32.2. The first-order valence-corrected chi connectivity index (χ1v) is 8.58. The van der Waals surface area contributed by atoms with Gasteiger partial charge in [-0.1, -0.05) is 12.1 Å². The fourth-order valence-corrected chi connectivity index (χ4v) is 4.96. The molecule has 1 aliphatic rings. The van der Waals surface area contributed by atoms with Gasteiger partial charge >= 0.3 is 0 Å². The minimum absolute atomic E-state index is 0.0442. The molecule has 1 aromatic rings. The van der Waals surface area contributed by atoms with E-state index in [-0.39, 0.29) is 17.9 Å². The van der Waals surface area contributed by atoms with Crippen LogP contribution >= 0.6 is 0 Å². The summed E-state index contributed by atoms with van der Waals surface area (Å²) in [4.78, 5) is -0.464. The van der Waals surface area contributed by atoms with Crippen LogP contribution in [0.1, 0.15) is 6.42 Å². The van der Waals surface area contributed by atoms with Gasteiger partial charge in [-0.25, -0.2) is 25.9 Å². The lowest BCUT2D eigenvalue weighted by Crippen LogP contribution is -2.35. The van der Waals surface area contributed by atoms with Gasteiger partial charge in [0.05, 0.1) is 11.5 Å². The molecule has 0 aromatic heterocycles. The van der Waals surface area contributed by atoms with Crippen molar-refractivity contribution in [3.63, 3.8) is 0 Å². The lowest BCUT2D eigenvalue weighted by atomic mass is 10.3. The molecule has 1 aromatic carbocycles. The van der Waals surface area contributed by atoms with Gasteiger partial charge in [0.2, 0.25) is 10.0 Å². The maximum Gasteiger partial charge on any atom is 0.243 e. The maximum absolute atomic E-state index is 13.4. The molecule has 1 aliphatic heterocycles. The largest absolute Gasteiger partial charge is 0.243 e. The fraction of sp³-hybridized carbons (Fsp3) is 0.400. The molecule has 0 unspecified atom stereocenters. The Hall–Kier alpha value is -0.990. The second kappa shape index (κ2) is 4.60. The highest BCUT2D eigenvalue weighted by Gasteiger charge is 2.32. The zero-order valence-electron chi connectivity index (χ0n) is 9.34. The number of sulfonamides is 1. The second-order valence-corrected chi connectivity index (χ2v) is 8.06. The molecular weight excluding hydrogens is 281 g/mol. The molecule has 100 valence electrons. The summed E-state index contributed by atoms with van der Waals surface area (Å²) >= 11 is 0. The molecule has 2 rings (SSSR count). The maximum atomic E-state index is 13.4. The summed E-state index contributed by atoms with van der Waals surface area (Å²) in [6.07, 6.45) is 0.218. The van der Waals surface area contributed by atoms with Crippen molar-refractivity contribution in [1.29, 1.82) is 0 Å². The first-order chi connectivity index (χ1) is 8.30. The molecular formula is C10H12FNO4S2. The molecule has 5 nitrogen and oxygen atoms in total. The van der Waals surface area contributed by atoms with Gasteiger partial charge in [-0.3, -0.25) is 0 Å². The Kier molecular flexibility index (Phi) is 3.43. The van der Waals surface area contributed by atoms with Crippen molar-refractivity contribution in [2.24, 2.45) is 0 Å². The van der Waals surface area contributed by atoms with Crippen molar-refractivity contribution in [2.75, 3.05) is 11.5 Å². The van der Waals surface area contributed by atoms with E-state index < -0.39 is 36.6 Å². The van der Waals surface area contributed by atoms with Gasteiger partial charge in [0.15, 0.2) is 9.84 Å². The van der Waals surface area contributed by atoms with Gasteiger partial charge in [-0.05, 0) is 18.6 Å². The van der Waals surface area contributed by atoms with Crippen LogP contribution in [0.4, 0.5) is 4.39 Å². The average molecular weight is 293 g/mol. The molecule has 0 radical (unpaired) electrons. The number of hydrogen-bond donors (Lipinski definition) is 1. The van der Waals surface area contributed by atoms with E-state index in [1.54, 1.807) is 0 Å². The smallest absolute Gasteiger partial charge is 0.229 e. The molecule has 8 heteroatoms. The number of hydrogen-bond acceptors (Lipinski definition) is 4. The van der Waals surface area contributed by atoms with Gasteiger partial charge < -0.3 is 0 Å². The highest BCUT2D eigenvalue weighted by molar-refractivity contribution is 7.92. The van der Waals surface area contributed by atoms with E-state index in [1.807, 2.05) is 0 Å². The SMILES string of the molecule is O=S1(=O)CC[C@H](NS(=O)(=O)c2ccccc2F)C1. The van der Waals surface area contributed by atoms with E-state index >= 15 is 0 Å². The van der Waals surface area contributed by atoms with E-state index in [9.17, 15) is 21.2 Å². The van der Waals surface area contributed by atoms with Gasteiger partial charge in [0.25, 0.3) is 0 Å². The van der Waals surface area contributed by atoms with Crippen molar-refractivity contribution in [3.8, 4) is 0 Å². The predicted molar refractivity (Wildman–Crippen MR) is 63.8 cm³/mol. The van der Waals surface area contributed by atoms with Crippen LogP contribution < -0.4 is 4.72 Å². The van der Waals surface area contributed by atoms with Crippen LogP contribution in [0.5, 0.6) is 0 Å². The van der Waals surface area contributed by atoms with Crippen LogP contribution in [-0.2, 0) is 19.9 Å². The van der Waals surface area contributed by atoms with Gasteiger partial charge in [-0.2, -0.15) is 0 Å². The van der Waals surface area contributed by atoms with Crippen LogP contribution in [0.2, 0.25) is 0 Å². The van der Waals surface area contributed by atoms with Crippen LogP contribution in [0.15, 0.2) is 29.2 Å². The summed E-state index contributed by atoms with van der Waals surface area (Å²) in [5.41, 5.74) is 0. The third kappa shape index (κ3) is 2.88. The minimum atomic E-state index is -4.01. The molecule has 0 aliphatic carbocycles. The Bertz CT molecular complexity index is 654. The fourth-order valence-electron chi connectivity index (χ4n) is 1.83. The zero-order valence-corrected chi connectivity index (χ0v) is 11.0. The van der Waals surface area contributed by atoms with E-state index in [4.69, 9.17) is 0 Å². The summed E-state index contributed by atoms with van der Waals surface area (Å²) in [5, 5.41) is 0. The van der Waals surface area contributed by atoms with Crippen LogP contribution in [0.3, 0.4) is 0 Å². The summed E-state index contributed by atoms with van der Waals surface area (Å²) in [7, 11) is -7.19. The predicted octanol–water partition coefficient (Wildman–Crippen LogP) is 0.291. The Morgan fingerprint density at radius 1 is 1.28 bits per heavy atom. The number of benzene rings is 1. The molecule has 1 atom stereocenters. The Balaban J connectivity index is 2.22. The summed E-state index contributed by atoms with van der Waals surface area (Å²) in [6, 6.07) is 4.29. The molecule has 1 saturated heterocycles. The van der Waals surface area contributed by atoms with E-state index in [0.717, 1.165) is 12.1 Å². The van der Waals surface area contributed by atoms with Crippen LogP contribution in [0, 0.1) is 5.82 Å². The lowest BCUT2D eigenvalue weighted by molar-refractivity contribution is 0.544. The molecule has 0 spiro atoms. The standard InChI is InChI=1S/C10H12FNO4S2/c11-9-3-1-2-4-10(9)18(15,16)12-8-5-6-17(13,14)7-8/h1-4,8,12H,5-7H2/t8-/m0/s1. The van der Waals surface area contributed by atoms with Crippen LogP contribution in [-0.4, -0.2) is 34.4 Å². The third-order valence-electron chi connectivity index (χ3n) is 2.68. The molecule has 1 N–H and O–H groups in total. The molecule has 0 saturated carbocycles. The van der Waals surface area contributed by atoms with Crippen molar-refractivity contribution < 1.29 is 21.2 Å². The molecule has 18 heavy (non-hydrogen) atoms. The van der Waals surface area contributed by atoms with Gasteiger partial charge in [0, 0.05) is 6.04 Å². The summed E-state index contributed by atoms with van der Waals surface area (Å²) in [5.74, 6) is -1.14.